The highest BCUT2D eigenvalue weighted by Gasteiger charge is 2.30. The van der Waals surface area contributed by atoms with E-state index in [1.165, 1.54) is 18.2 Å². The number of nitrogens with zero attached hydrogens (tertiary/aromatic N) is 4. The molecule has 7 nitrogen and oxygen atoms in total. The van der Waals surface area contributed by atoms with Gasteiger partial charge in [-0.1, -0.05) is 38.5 Å². The number of hydrogen-bond donors (Lipinski definition) is 2. The van der Waals surface area contributed by atoms with E-state index < -0.39 is 0 Å². The third kappa shape index (κ3) is 4.17. The Bertz CT molecular complexity index is 748. The maximum atomic E-state index is 12.6. The predicted octanol–water partition coefficient (Wildman–Crippen LogP) is 2.79. The molecular weight excluding hydrogens is 350 g/mol. The Balaban J connectivity index is 1.65. The molecule has 0 aliphatic heterocycles. The normalized spacial score (nSPS) is 24.2. The van der Waals surface area contributed by atoms with Crippen molar-refractivity contribution in [1.82, 2.24) is 25.5 Å². The molecule has 4 atom stereocenters. The quantitative estimate of drug-likeness (QED) is 0.781. The fourth-order valence-electron chi connectivity index (χ4n) is 3.31. The molecule has 1 heterocycles. The van der Waals surface area contributed by atoms with E-state index >= 15 is 0 Å². The molecule has 140 valence electrons. The van der Waals surface area contributed by atoms with Crippen LogP contribution < -0.4 is 5.32 Å². The summed E-state index contributed by atoms with van der Waals surface area (Å²) < 4.78 is 1.57. The van der Waals surface area contributed by atoms with E-state index in [2.05, 4.69) is 34.7 Å². The van der Waals surface area contributed by atoms with Crippen LogP contribution in [0.2, 0.25) is 0 Å². The molecule has 1 aliphatic rings. The van der Waals surface area contributed by atoms with Gasteiger partial charge in [-0.05, 0) is 59.9 Å². The molecule has 4 unspecified atom stereocenters. The molecule has 0 saturated heterocycles. The monoisotopic (exact) mass is 375 g/mol. The number of rotatable bonds is 5. The lowest BCUT2D eigenvalue weighted by atomic mass is 9.78. The second kappa shape index (κ2) is 8.07. The van der Waals surface area contributed by atoms with Crippen molar-refractivity contribution in [3.63, 3.8) is 0 Å². The lowest BCUT2D eigenvalue weighted by molar-refractivity contribution is -0.121. The number of phenols is 1. The van der Waals surface area contributed by atoms with Crippen molar-refractivity contribution >= 4 is 17.7 Å². The van der Waals surface area contributed by atoms with E-state index in [4.69, 9.17) is 0 Å². The third-order valence-corrected chi connectivity index (χ3v) is 6.25. The zero-order chi connectivity index (χ0) is 18.7. The summed E-state index contributed by atoms with van der Waals surface area (Å²) >= 11 is 1.33. The van der Waals surface area contributed by atoms with Gasteiger partial charge in [-0.15, -0.1) is 5.10 Å². The van der Waals surface area contributed by atoms with Crippen LogP contribution in [0, 0.1) is 11.8 Å². The molecule has 1 amide bonds. The minimum absolute atomic E-state index is 0.0150. The Morgan fingerprint density at radius 3 is 2.77 bits per heavy atom. The first-order chi connectivity index (χ1) is 12.5. The highest BCUT2D eigenvalue weighted by Crippen LogP contribution is 2.30. The SMILES string of the molecule is CC(Sc1nnnn1-c1ccc(O)cc1)C(=O)NC1CCCC(C)C1C. The van der Waals surface area contributed by atoms with Gasteiger partial charge in [0.15, 0.2) is 0 Å². The fraction of sp³-hybridized carbons (Fsp3) is 0.556. The Hall–Kier alpha value is -2.09. The molecule has 2 aromatic rings. The Kier molecular flexibility index (Phi) is 5.80. The molecular formula is C18H25N5O2S. The van der Waals surface area contributed by atoms with Crippen molar-refractivity contribution in [2.45, 2.75) is 56.5 Å². The standard InChI is InChI=1S/C18H25N5O2S/c1-11-5-4-6-16(12(11)2)19-17(25)13(3)26-18-20-21-22-23(18)14-7-9-15(24)10-8-14/h7-13,16,24H,4-6H2,1-3H3,(H,19,25). The van der Waals surface area contributed by atoms with E-state index in [0.29, 0.717) is 17.0 Å². The first kappa shape index (κ1) is 18.7. The van der Waals surface area contributed by atoms with Gasteiger partial charge in [0.1, 0.15) is 5.75 Å². The highest BCUT2D eigenvalue weighted by molar-refractivity contribution is 8.00. The minimum Gasteiger partial charge on any atom is -0.508 e. The topological polar surface area (TPSA) is 92.9 Å². The fourth-order valence-corrected chi connectivity index (χ4v) is 4.12. The summed E-state index contributed by atoms with van der Waals surface area (Å²) in [6, 6.07) is 6.85. The van der Waals surface area contributed by atoms with Gasteiger partial charge in [0.05, 0.1) is 10.9 Å². The maximum Gasteiger partial charge on any atom is 0.233 e. The molecule has 8 heteroatoms. The van der Waals surface area contributed by atoms with Crippen LogP contribution in [0.5, 0.6) is 5.75 Å². The molecule has 2 N–H and O–H groups in total. The Morgan fingerprint density at radius 2 is 2.04 bits per heavy atom. The summed E-state index contributed by atoms with van der Waals surface area (Å²) in [5.41, 5.74) is 0.734. The van der Waals surface area contributed by atoms with E-state index in [9.17, 15) is 9.90 Å². The molecule has 0 radical (unpaired) electrons. The summed E-state index contributed by atoms with van der Waals surface area (Å²) in [7, 11) is 0. The number of aromatic nitrogens is 4. The second-order valence-corrected chi connectivity index (χ2v) is 8.34. The summed E-state index contributed by atoms with van der Waals surface area (Å²) in [4.78, 5) is 12.6. The van der Waals surface area contributed by atoms with Crippen molar-refractivity contribution in [1.29, 1.82) is 0 Å². The zero-order valence-corrected chi connectivity index (χ0v) is 16.1. The Labute approximate surface area is 157 Å². The average Bonchev–Trinajstić information content (AvgIpc) is 3.07. The van der Waals surface area contributed by atoms with Crippen molar-refractivity contribution in [3.05, 3.63) is 24.3 Å². The van der Waals surface area contributed by atoms with Crippen LogP contribution in [0.4, 0.5) is 0 Å². The van der Waals surface area contributed by atoms with Crippen molar-refractivity contribution in [3.8, 4) is 11.4 Å². The van der Waals surface area contributed by atoms with E-state index in [1.807, 2.05) is 6.92 Å². The van der Waals surface area contributed by atoms with Crippen molar-refractivity contribution in [2.24, 2.45) is 11.8 Å². The van der Waals surface area contributed by atoms with Gasteiger partial charge in [-0.3, -0.25) is 4.79 Å². The van der Waals surface area contributed by atoms with Crippen LogP contribution in [-0.2, 0) is 4.79 Å². The van der Waals surface area contributed by atoms with Gasteiger partial charge in [0.25, 0.3) is 0 Å². The van der Waals surface area contributed by atoms with Crippen LogP contribution in [0.3, 0.4) is 0 Å². The molecule has 0 spiro atoms. The van der Waals surface area contributed by atoms with Crippen LogP contribution in [0.1, 0.15) is 40.0 Å². The zero-order valence-electron chi connectivity index (χ0n) is 15.3. The number of aromatic hydroxyl groups is 1. The molecule has 1 aromatic heterocycles. The minimum atomic E-state index is -0.304. The largest absolute Gasteiger partial charge is 0.508 e. The van der Waals surface area contributed by atoms with E-state index in [-0.39, 0.29) is 22.9 Å². The molecule has 1 aliphatic carbocycles. The molecule has 3 rings (SSSR count). The van der Waals surface area contributed by atoms with Crippen LogP contribution in [0.25, 0.3) is 5.69 Å². The van der Waals surface area contributed by atoms with Gasteiger partial charge in [0.2, 0.25) is 11.1 Å². The van der Waals surface area contributed by atoms with Gasteiger partial charge >= 0.3 is 0 Å². The number of nitrogens with one attached hydrogen (secondary N) is 1. The van der Waals surface area contributed by atoms with Crippen molar-refractivity contribution < 1.29 is 9.90 Å². The molecule has 26 heavy (non-hydrogen) atoms. The maximum absolute atomic E-state index is 12.6. The number of benzene rings is 1. The number of carbonyl (C=O) groups is 1. The lowest BCUT2D eigenvalue weighted by Crippen LogP contribution is -2.46. The summed E-state index contributed by atoms with van der Waals surface area (Å²) in [5, 5.41) is 24.6. The van der Waals surface area contributed by atoms with Crippen LogP contribution in [0.15, 0.2) is 29.4 Å². The van der Waals surface area contributed by atoms with E-state index in [0.717, 1.165) is 18.5 Å². The molecule has 0 bridgehead atoms. The van der Waals surface area contributed by atoms with Crippen LogP contribution in [-0.4, -0.2) is 42.5 Å². The number of hydrogen-bond acceptors (Lipinski definition) is 6. The smallest absolute Gasteiger partial charge is 0.233 e. The molecule has 1 fully saturated rings. The summed E-state index contributed by atoms with van der Waals surface area (Å²) in [6.07, 6.45) is 3.44. The summed E-state index contributed by atoms with van der Waals surface area (Å²) in [5.74, 6) is 1.33. The Morgan fingerprint density at radius 1 is 1.31 bits per heavy atom. The first-order valence-corrected chi connectivity index (χ1v) is 9.88. The number of phenolic OH excluding ortho intramolecular Hbond substituents is 1. The summed E-state index contributed by atoms with van der Waals surface area (Å²) in [6.45, 7) is 6.34. The lowest BCUT2D eigenvalue weighted by Gasteiger charge is -2.35. The van der Waals surface area contributed by atoms with Gasteiger partial charge in [0, 0.05) is 6.04 Å². The number of amides is 1. The third-order valence-electron chi connectivity index (χ3n) is 5.22. The first-order valence-electron chi connectivity index (χ1n) is 9.00. The molecule has 1 aromatic carbocycles. The predicted molar refractivity (Wildman–Crippen MR) is 100 cm³/mol. The second-order valence-electron chi connectivity index (χ2n) is 7.03. The number of carbonyl (C=O) groups excluding carboxylic acids is 1. The van der Waals surface area contributed by atoms with Gasteiger partial charge < -0.3 is 10.4 Å². The van der Waals surface area contributed by atoms with E-state index in [1.54, 1.807) is 28.9 Å². The molecule has 1 saturated carbocycles. The van der Waals surface area contributed by atoms with Gasteiger partial charge in [-0.25, -0.2) is 0 Å². The number of thioether (sulfide) groups is 1. The number of tetrazole rings is 1. The van der Waals surface area contributed by atoms with Crippen LogP contribution >= 0.6 is 11.8 Å². The highest BCUT2D eigenvalue weighted by atomic mass is 32.2. The van der Waals surface area contributed by atoms with Crippen molar-refractivity contribution in [2.75, 3.05) is 0 Å². The van der Waals surface area contributed by atoms with Gasteiger partial charge in [-0.2, -0.15) is 4.68 Å². The average molecular weight is 375 g/mol.